The second-order valence-corrected chi connectivity index (χ2v) is 6.10. The summed E-state index contributed by atoms with van der Waals surface area (Å²) in [6.07, 6.45) is 1.80. The largest absolute Gasteiger partial charge is 0.504 e. The van der Waals surface area contributed by atoms with E-state index in [1.807, 2.05) is 60.7 Å². The molecule has 26 heavy (non-hydrogen) atoms. The van der Waals surface area contributed by atoms with Crippen LogP contribution >= 0.6 is 0 Å². The van der Waals surface area contributed by atoms with E-state index in [2.05, 4.69) is 15.5 Å². The number of H-pyrrole nitrogens is 1. The van der Waals surface area contributed by atoms with Crippen molar-refractivity contribution in [1.82, 2.24) is 10.2 Å². The number of hydrogen-bond donors (Lipinski definition) is 3. The van der Waals surface area contributed by atoms with Crippen molar-refractivity contribution in [2.24, 2.45) is 0 Å². The van der Waals surface area contributed by atoms with Gasteiger partial charge in [-0.25, -0.2) is 0 Å². The van der Waals surface area contributed by atoms with Crippen LogP contribution in [0.1, 0.15) is 11.1 Å². The molecular weight excluding hydrogens is 326 g/mol. The molecule has 0 saturated carbocycles. The van der Waals surface area contributed by atoms with E-state index in [1.165, 1.54) is 0 Å². The van der Waals surface area contributed by atoms with Crippen molar-refractivity contribution in [3.8, 4) is 11.5 Å². The minimum absolute atomic E-state index is 0.143. The second kappa shape index (κ2) is 7.19. The number of nitrogens with one attached hydrogen (secondary N) is 2. The van der Waals surface area contributed by atoms with Crippen molar-refractivity contribution in [2.45, 2.75) is 13.2 Å². The standard InChI is InChI=1S/C21H19N3O2/c25-20-9-6-16(10-21(20)26-14-15-4-2-1-3-5-15)12-22-18-7-8-19-17(11-18)13-23-24-19/h1-11,13,22,25H,12,14H2,(H,23,24). The number of aromatic amines is 1. The van der Waals surface area contributed by atoms with Gasteiger partial charge in [-0.15, -0.1) is 0 Å². The molecule has 0 amide bonds. The van der Waals surface area contributed by atoms with Crippen LogP contribution in [0, 0.1) is 0 Å². The number of hydrogen-bond acceptors (Lipinski definition) is 4. The van der Waals surface area contributed by atoms with Crippen molar-refractivity contribution < 1.29 is 9.84 Å². The monoisotopic (exact) mass is 345 g/mol. The van der Waals surface area contributed by atoms with E-state index in [1.54, 1.807) is 12.3 Å². The third kappa shape index (κ3) is 3.62. The predicted octanol–water partition coefficient (Wildman–Crippen LogP) is 4.46. The molecule has 0 unspecified atom stereocenters. The topological polar surface area (TPSA) is 70.2 Å². The number of aromatic hydroxyl groups is 1. The van der Waals surface area contributed by atoms with Crippen molar-refractivity contribution in [2.75, 3.05) is 5.32 Å². The molecule has 0 saturated heterocycles. The lowest BCUT2D eigenvalue weighted by molar-refractivity contribution is 0.288. The highest BCUT2D eigenvalue weighted by Crippen LogP contribution is 2.28. The first-order valence-electron chi connectivity index (χ1n) is 8.43. The lowest BCUT2D eigenvalue weighted by Crippen LogP contribution is -2.01. The zero-order valence-corrected chi connectivity index (χ0v) is 14.1. The highest BCUT2D eigenvalue weighted by atomic mass is 16.5. The quantitative estimate of drug-likeness (QED) is 0.482. The molecule has 5 nitrogen and oxygen atoms in total. The zero-order chi connectivity index (χ0) is 17.8. The summed E-state index contributed by atoms with van der Waals surface area (Å²) >= 11 is 0. The van der Waals surface area contributed by atoms with Gasteiger partial charge in [0, 0.05) is 17.6 Å². The molecule has 3 aromatic carbocycles. The SMILES string of the molecule is Oc1ccc(CNc2ccc3[nH]ncc3c2)cc1OCc1ccccc1. The number of ether oxygens (including phenoxy) is 1. The first-order chi connectivity index (χ1) is 12.8. The lowest BCUT2D eigenvalue weighted by atomic mass is 10.2. The van der Waals surface area contributed by atoms with Gasteiger partial charge in [-0.1, -0.05) is 36.4 Å². The number of benzene rings is 3. The molecule has 0 aliphatic heterocycles. The Morgan fingerprint density at radius 1 is 0.962 bits per heavy atom. The van der Waals surface area contributed by atoms with Crippen LogP contribution in [0.3, 0.4) is 0 Å². The molecule has 0 aliphatic rings. The number of nitrogens with zero attached hydrogens (tertiary/aromatic N) is 1. The highest BCUT2D eigenvalue weighted by molar-refractivity contribution is 5.81. The van der Waals surface area contributed by atoms with Gasteiger partial charge in [-0.05, 0) is 41.5 Å². The Balaban J connectivity index is 1.43. The van der Waals surface area contributed by atoms with Crippen LogP contribution in [-0.4, -0.2) is 15.3 Å². The molecule has 1 aromatic heterocycles. The Hall–Kier alpha value is -3.47. The average molecular weight is 345 g/mol. The van der Waals surface area contributed by atoms with Gasteiger partial charge in [-0.2, -0.15) is 5.10 Å². The Bertz CT molecular complexity index is 1010. The summed E-state index contributed by atoms with van der Waals surface area (Å²) < 4.78 is 5.77. The van der Waals surface area contributed by atoms with Crippen LogP contribution in [-0.2, 0) is 13.2 Å². The Morgan fingerprint density at radius 2 is 1.85 bits per heavy atom. The number of aromatic nitrogens is 2. The van der Waals surface area contributed by atoms with Crippen molar-refractivity contribution in [3.63, 3.8) is 0 Å². The van der Waals surface area contributed by atoms with Gasteiger partial charge in [-0.3, -0.25) is 5.10 Å². The molecule has 0 bridgehead atoms. The molecule has 0 radical (unpaired) electrons. The average Bonchev–Trinajstić information content (AvgIpc) is 3.15. The van der Waals surface area contributed by atoms with Crippen LogP contribution in [0.25, 0.3) is 10.9 Å². The molecular formula is C21H19N3O2. The van der Waals surface area contributed by atoms with E-state index >= 15 is 0 Å². The first-order valence-corrected chi connectivity index (χ1v) is 8.43. The van der Waals surface area contributed by atoms with E-state index in [0.29, 0.717) is 18.9 Å². The first kappa shape index (κ1) is 16.0. The molecule has 4 rings (SSSR count). The van der Waals surface area contributed by atoms with Crippen molar-refractivity contribution in [3.05, 3.63) is 84.1 Å². The molecule has 0 aliphatic carbocycles. The third-order valence-electron chi connectivity index (χ3n) is 4.20. The lowest BCUT2D eigenvalue weighted by Gasteiger charge is -2.11. The van der Waals surface area contributed by atoms with Crippen molar-refractivity contribution in [1.29, 1.82) is 0 Å². The van der Waals surface area contributed by atoms with Crippen molar-refractivity contribution >= 4 is 16.6 Å². The zero-order valence-electron chi connectivity index (χ0n) is 14.1. The molecule has 5 heteroatoms. The smallest absolute Gasteiger partial charge is 0.161 e. The minimum Gasteiger partial charge on any atom is -0.504 e. The van der Waals surface area contributed by atoms with E-state index < -0.39 is 0 Å². The maximum Gasteiger partial charge on any atom is 0.161 e. The number of rotatable bonds is 6. The number of fused-ring (bicyclic) bond motifs is 1. The summed E-state index contributed by atoms with van der Waals surface area (Å²) in [4.78, 5) is 0. The van der Waals surface area contributed by atoms with Crippen LogP contribution < -0.4 is 10.1 Å². The predicted molar refractivity (Wildman–Crippen MR) is 102 cm³/mol. The fourth-order valence-electron chi connectivity index (χ4n) is 2.78. The number of phenolic OH excluding ortho intramolecular Hbond substituents is 1. The van der Waals surface area contributed by atoms with Crippen LogP contribution in [0.4, 0.5) is 5.69 Å². The summed E-state index contributed by atoms with van der Waals surface area (Å²) in [5.41, 5.74) is 4.11. The van der Waals surface area contributed by atoms with Gasteiger partial charge in [0.1, 0.15) is 6.61 Å². The highest BCUT2D eigenvalue weighted by Gasteiger charge is 2.05. The number of anilines is 1. The van der Waals surface area contributed by atoms with Crippen LogP contribution in [0.5, 0.6) is 11.5 Å². The van der Waals surface area contributed by atoms with Gasteiger partial charge < -0.3 is 15.2 Å². The molecule has 1 heterocycles. The fraction of sp³-hybridized carbons (Fsp3) is 0.0952. The molecule has 3 N–H and O–H groups in total. The summed E-state index contributed by atoms with van der Waals surface area (Å²) in [6, 6.07) is 21.4. The van der Waals surface area contributed by atoms with Gasteiger partial charge in [0.25, 0.3) is 0 Å². The van der Waals surface area contributed by atoms with Gasteiger partial charge in [0.15, 0.2) is 11.5 Å². The van der Waals surface area contributed by atoms with E-state index in [9.17, 15) is 5.11 Å². The van der Waals surface area contributed by atoms with E-state index in [4.69, 9.17) is 4.74 Å². The Kier molecular flexibility index (Phi) is 4.43. The fourth-order valence-corrected chi connectivity index (χ4v) is 2.78. The third-order valence-corrected chi connectivity index (χ3v) is 4.20. The summed E-state index contributed by atoms with van der Waals surface area (Å²) in [6.45, 7) is 1.05. The van der Waals surface area contributed by atoms with Gasteiger partial charge in [0.05, 0.1) is 11.7 Å². The van der Waals surface area contributed by atoms with Crippen LogP contribution in [0.15, 0.2) is 72.9 Å². The normalized spacial score (nSPS) is 10.8. The summed E-state index contributed by atoms with van der Waals surface area (Å²) in [5.74, 6) is 0.628. The Labute approximate surface area is 151 Å². The molecule has 0 atom stereocenters. The minimum atomic E-state index is 0.143. The molecule has 0 spiro atoms. The number of phenols is 1. The van der Waals surface area contributed by atoms with Crippen LogP contribution in [0.2, 0.25) is 0 Å². The Morgan fingerprint density at radius 3 is 2.73 bits per heavy atom. The molecule has 4 aromatic rings. The maximum absolute atomic E-state index is 10.0. The van der Waals surface area contributed by atoms with E-state index in [0.717, 1.165) is 27.7 Å². The summed E-state index contributed by atoms with van der Waals surface area (Å²) in [7, 11) is 0. The molecule has 0 fully saturated rings. The summed E-state index contributed by atoms with van der Waals surface area (Å²) in [5, 5.41) is 21.5. The van der Waals surface area contributed by atoms with Gasteiger partial charge in [0.2, 0.25) is 0 Å². The van der Waals surface area contributed by atoms with Gasteiger partial charge >= 0.3 is 0 Å². The maximum atomic E-state index is 10.0. The van der Waals surface area contributed by atoms with E-state index in [-0.39, 0.29) is 5.75 Å². The second-order valence-electron chi connectivity index (χ2n) is 6.10. The molecule has 130 valence electrons.